The Morgan fingerprint density at radius 3 is 2.52 bits per heavy atom. The van der Waals surface area contributed by atoms with Crippen LogP contribution in [0.5, 0.6) is 0 Å². The molecular weight excluding hydrogens is 292 g/mol. The van der Waals surface area contributed by atoms with Gasteiger partial charge in [0.25, 0.3) is 0 Å². The smallest absolute Gasteiger partial charge is 0.241 e. The fourth-order valence-electron chi connectivity index (χ4n) is 2.00. The highest BCUT2D eigenvalue weighted by molar-refractivity contribution is 7.89. The minimum absolute atomic E-state index is 0.0353. The molecule has 2 aromatic rings. The molecule has 1 unspecified atom stereocenters. The number of hydrogen-bond acceptors (Lipinski definition) is 5. The van der Waals surface area contributed by atoms with Gasteiger partial charge in [0.1, 0.15) is 12.2 Å². The molecule has 2 N–H and O–H groups in total. The SMILES string of the molecule is CC(NS(=O)(=O)c1ccc(CCO)cc1)c1nncn1C. The monoisotopic (exact) mass is 310 g/mol. The lowest BCUT2D eigenvalue weighted by atomic mass is 10.2. The lowest BCUT2D eigenvalue weighted by molar-refractivity contribution is 0.299. The molecule has 1 atom stereocenters. The summed E-state index contributed by atoms with van der Waals surface area (Å²) in [6, 6.07) is 5.95. The molecule has 0 radical (unpaired) electrons. The van der Waals surface area contributed by atoms with Crippen LogP contribution in [0, 0.1) is 0 Å². The van der Waals surface area contributed by atoms with E-state index in [1.165, 1.54) is 18.5 Å². The number of sulfonamides is 1. The third-order valence-corrected chi connectivity index (χ3v) is 4.66. The molecule has 2 rings (SSSR count). The Hall–Kier alpha value is -1.77. The minimum Gasteiger partial charge on any atom is -0.396 e. The summed E-state index contributed by atoms with van der Waals surface area (Å²) in [5, 5.41) is 16.5. The second-order valence-electron chi connectivity index (χ2n) is 4.76. The van der Waals surface area contributed by atoms with Gasteiger partial charge in [0.2, 0.25) is 10.0 Å². The second-order valence-corrected chi connectivity index (χ2v) is 6.47. The van der Waals surface area contributed by atoms with Crippen molar-refractivity contribution in [3.05, 3.63) is 42.0 Å². The lowest BCUT2D eigenvalue weighted by Crippen LogP contribution is -2.28. The lowest BCUT2D eigenvalue weighted by Gasteiger charge is -2.13. The van der Waals surface area contributed by atoms with Crippen LogP contribution in [-0.4, -0.2) is 34.9 Å². The fourth-order valence-corrected chi connectivity index (χ4v) is 3.20. The van der Waals surface area contributed by atoms with E-state index in [4.69, 9.17) is 5.11 Å². The number of aryl methyl sites for hydroxylation is 1. The summed E-state index contributed by atoms with van der Waals surface area (Å²) in [5.41, 5.74) is 0.887. The Labute approximate surface area is 123 Å². The highest BCUT2D eigenvalue weighted by atomic mass is 32.2. The largest absolute Gasteiger partial charge is 0.396 e. The highest BCUT2D eigenvalue weighted by Gasteiger charge is 2.20. The molecule has 1 aromatic carbocycles. The van der Waals surface area contributed by atoms with Gasteiger partial charge in [-0.3, -0.25) is 0 Å². The summed E-state index contributed by atoms with van der Waals surface area (Å²) in [7, 11) is -1.87. The maximum atomic E-state index is 12.3. The maximum Gasteiger partial charge on any atom is 0.241 e. The number of benzene rings is 1. The number of nitrogens with zero attached hydrogens (tertiary/aromatic N) is 3. The van der Waals surface area contributed by atoms with E-state index >= 15 is 0 Å². The third kappa shape index (κ3) is 3.66. The number of hydrogen-bond donors (Lipinski definition) is 2. The van der Waals surface area contributed by atoms with E-state index in [2.05, 4.69) is 14.9 Å². The van der Waals surface area contributed by atoms with Crippen molar-refractivity contribution in [1.82, 2.24) is 19.5 Å². The Bertz CT molecular complexity index is 694. The van der Waals surface area contributed by atoms with Gasteiger partial charge < -0.3 is 9.67 Å². The molecule has 0 amide bonds. The van der Waals surface area contributed by atoms with Gasteiger partial charge in [-0.05, 0) is 31.0 Å². The zero-order valence-corrected chi connectivity index (χ0v) is 12.7. The first-order chi connectivity index (χ1) is 9.94. The quantitative estimate of drug-likeness (QED) is 0.804. The molecule has 7 nitrogen and oxygen atoms in total. The van der Waals surface area contributed by atoms with Crippen molar-refractivity contribution in [3.8, 4) is 0 Å². The van der Waals surface area contributed by atoms with Gasteiger partial charge in [0.15, 0.2) is 0 Å². The first-order valence-corrected chi connectivity index (χ1v) is 7.98. The molecule has 0 bridgehead atoms. The molecule has 0 aliphatic heterocycles. The van der Waals surface area contributed by atoms with E-state index in [9.17, 15) is 8.42 Å². The average molecular weight is 310 g/mol. The van der Waals surface area contributed by atoms with Gasteiger partial charge in [-0.1, -0.05) is 12.1 Å². The maximum absolute atomic E-state index is 12.3. The minimum atomic E-state index is -3.63. The van der Waals surface area contributed by atoms with Gasteiger partial charge >= 0.3 is 0 Å². The second kappa shape index (κ2) is 6.33. The van der Waals surface area contributed by atoms with Gasteiger partial charge in [0.05, 0.1) is 10.9 Å². The molecule has 0 fully saturated rings. The van der Waals surface area contributed by atoms with E-state index in [0.29, 0.717) is 12.2 Å². The first-order valence-electron chi connectivity index (χ1n) is 6.50. The van der Waals surface area contributed by atoms with Gasteiger partial charge in [0, 0.05) is 13.7 Å². The van der Waals surface area contributed by atoms with Crippen LogP contribution in [0.25, 0.3) is 0 Å². The highest BCUT2D eigenvalue weighted by Crippen LogP contribution is 2.15. The number of nitrogens with one attached hydrogen (secondary N) is 1. The molecule has 21 heavy (non-hydrogen) atoms. The molecule has 0 aliphatic carbocycles. The van der Waals surface area contributed by atoms with E-state index in [-0.39, 0.29) is 11.5 Å². The number of aromatic nitrogens is 3. The van der Waals surface area contributed by atoms with Crippen molar-refractivity contribution in [1.29, 1.82) is 0 Å². The normalized spacial score (nSPS) is 13.3. The molecule has 0 saturated heterocycles. The molecule has 1 heterocycles. The van der Waals surface area contributed by atoms with Crippen molar-refractivity contribution >= 4 is 10.0 Å². The Kier molecular flexibility index (Phi) is 4.71. The average Bonchev–Trinajstić information content (AvgIpc) is 2.85. The predicted molar refractivity (Wildman–Crippen MR) is 77.0 cm³/mol. The van der Waals surface area contributed by atoms with E-state index < -0.39 is 16.1 Å². The van der Waals surface area contributed by atoms with Crippen LogP contribution < -0.4 is 4.72 Å². The van der Waals surface area contributed by atoms with Crippen LogP contribution >= 0.6 is 0 Å². The van der Waals surface area contributed by atoms with Crippen LogP contribution in [0.2, 0.25) is 0 Å². The van der Waals surface area contributed by atoms with E-state index in [0.717, 1.165) is 5.56 Å². The Morgan fingerprint density at radius 1 is 1.33 bits per heavy atom. The summed E-state index contributed by atoms with van der Waals surface area (Å²) >= 11 is 0. The molecule has 0 saturated carbocycles. The molecular formula is C13H18N4O3S. The third-order valence-electron chi connectivity index (χ3n) is 3.10. The van der Waals surface area contributed by atoms with Crippen LogP contribution in [0.4, 0.5) is 0 Å². The summed E-state index contributed by atoms with van der Waals surface area (Å²) in [5.74, 6) is 0.537. The van der Waals surface area contributed by atoms with Crippen LogP contribution in [-0.2, 0) is 23.5 Å². The van der Waals surface area contributed by atoms with Crippen molar-refractivity contribution in [2.24, 2.45) is 7.05 Å². The fraction of sp³-hybridized carbons (Fsp3) is 0.385. The first kappa shape index (κ1) is 15.6. The zero-order chi connectivity index (χ0) is 15.5. The molecule has 1 aromatic heterocycles. The van der Waals surface area contributed by atoms with E-state index in [1.54, 1.807) is 30.7 Å². The van der Waals surface area contributed by atoms with Gasteiger partial charge in [-0.2, -0.15) is 0 Å². The van der Waals surface area contributed by atoms with Gasteiger partial charge in [-0.15, -0.1) is 10.2 Å². The standard InChI is InChI=1S/C13H18N4O3S/c1-10(13-15-14-9-17(13)2)16-21(19,20)12-5-3-11(4-6-12)7-8-18/h3-6,9-10,16,18H,7-8H2,1-2H3. The number of aliphatic hydroxyl groups excluding tert-OH is 1. The Morgan fingerprint density at radius 2 is 2.00 bits per heavy atom. The van der Waals surface area contributed by atoms with Crippen molar-refractivity contribution < 1.29 is 13.5 Å². The Balaban J connectivity index is 2.16. The molecule has 0 aliphatic rings. The van der Waals surface area contributed by atoms with Crippen molar-refractivity contribution in [2.75, 3.05) is 6.61 Å². The van der Waals surface area contributed by atoms with Crippen molar-refractivity contribution in [2.45, 2.75) is 24.3 Å². The number of aliphatic hydroxyl groups is 1. The molecule has 8 heteroatoms. The summed E-state index contributed by atoms with van der Waals surface area (Å²) in [6.07, 6.45) is 2.02. The van der Waals surface area contributed by atoms with E-state index in [1.807, 2.05) is 0 Å². The predicted octanol–water partition coefficient (Wildman–Crippen LogP) is 0.389. The zero-order valence-electron chi connectivity index (χ0n) is 11.9. The summed E-state index contributed by atoms with van der Waals surface area (Å²) < 4.78 is 28.8. The van der Waals surface area contributed by atoms with Crippen LogP contribution in [0.15, 0.2) is 35.5 Å². The van der Waals surface area contributed by atoms with Crippen LogP contribution in [0.1, 0.15) is 24.4 Å². The van der Waals surface area contributed by atoms with Crippen molar-refractivity contribution in [3.63, 3.8) is 0 Å². The topological polar surface area (TPSA) is 97.1 Å². The molecule has 0 spiro atoms. The number of rotatable bonds is 6. The summed E-state index contributed by atoms with van der Waals surface area (Å²) in [4.78, 5) is 0.179. The molecule has 114 valence electrons. The summed E-state index contributed by atoms with van der Waals surface area (Å²) in [6.45, 7) is 1.75. The van der Waals surface area contributed by atoms with Crippen LogP contribution in [0.3, 0.4) is 0 Å². The van der Waals surface area contributed by atoms with Gasteiger partial charge in [-0.25, -0.2) is 13.1 Å².